The molecule has 0 saturated carbocycles. The van der Waals surface area contributed by atoms with Crippen LogP contribution in [-0.4, -0.2) is 34.2 Å². The van der Waals surface area contributed by atoms with Crippen LogP contribution in [0, 0.1) is 0 Å². The van der Waals surface area contributed by atoms with Gasteiger partial charge in [0.15, 0.2) is 0 Å². The lowest BCUT2D eigenvalue weighted by Crippen LogP contribution is -2.37. The van der Waals surface area contributed by atoms with Crippen molar-refractivity contribution in [1.29, 1.82) is 0 Å². The molecule has 0 spiro atoms. The second kappa shape index (κ2) is 9.73. The number of aryl methyl sites for hydroxylation is 2. The molecule has 1 aliphatic carbocycles. The van der Waals surface area contributed by atoms with Gasteiger partial charge in [-0.2, -0.15) is 11.8 Å². The predicted octanol–water partition coefficient (Wildman–Crippen LogP) is 2.37. The van der Waals surface area contributed by atoms with E-state index in [4.69, 9.17) is 5.73 Å². The molecule has 0 aromatic carbocycles. The summed E-state index contributed by atoms with van der Waals surface area (Å²) < 4.78 is 0. The van der Waals surface area contributed by atoms with Crippen LogP contribution in [0.1, 0.15) is 42.5 Å². The molecule has 2 heterocycles. The standard InChI is InChI=1S/C17H24N4O2S2.ClH/c1-10(8-18)19-14(22)6-7-24-9-13-20-16(23)15-11-4-2-3-5-12(11)25-17(15)21-13;/h10H,2-9,18H2,1H3,(H,19,22)(H,20,21,23);1H/t10-;/m0./s1. The second-order valence-corrected chi connectivity index (χ2v) is 8.60. The number of aromatic nitrogens is 2. The van der Waals surface area contributed by atoms with E-state index in [0.29, 0.717) is 30.3 Å². The van der Waals surface area contributed by atoms with Crippen molar-refractivity contribution in [2.75, 3.05) is 12.3 Å². The van der Waals surface area contributed by atoms with E-state index in [1.165, 1.54) is 16.9 Å². The van der Waals surface area contributed by atoms with Crippen LogP contribution in [0.2, 0.25) is 0 Å². The maximum Gasteiger partial charge on any atom is 0.259 e. The van der Waals surface area contributed by atoms with Gasteiger partial charge in [-0.1, -0.05) is 0 Å². The van der Waals surface area contributed by atoms with Gasteiger partial charge in [0.05, 0.1) is 11.1 Å². The van der Waals surface area contributed by atoms with Crippen LogP contribution in [-0.2, 0) is 23.4 Å². The van der Waals surface area contributed by atoms with E-state index in [2.05, 4.69) is 15.3 Å². The molecule has 0 radical (unpaired) electrons. The van der Waals surface area contributed by atoms with Crippen LogP contribution in [0.5, 0.6) is 0 Å². The quantitative estimate of drug-likeness (QED) is 0.601. The first-order valence-electron chi connectivity index (χ1n) is 8.69. The lowest BCUT2D eigenvalue weighted by atomic mass is 9.97. The van der Waals surface area contributed by atoms with Gasteiger partial charge >= 0.3 is 0 Å². The third kappa shape index (κ3) is 5.00. The molecule has 0 aliphatic heterocycles. The first kappa shape index (κ1) is 21.2. The van der Waals surface area contributed by atoms with Gasteiger partial charge in [0.1, 0.15) is 10.7 Å². The van der Waals surface area contributed by atoms with Gasteiger partial charge in [-0.25, -0.2) is 4.98 Å². The highest BCUT2D eigenvalue weighted by atomic mass is 35.5. The summed E-state index contributed by atoms with van der Waals surface area (Å²) >= 11 is 3.27. The third-order valence-corrected chi connectivity index (χ3v) is 6.50. The number of halogens is 1. The monoisotopic (exact) mass is 416 g/mol. The topological polar surface area (TPSA) is 101 Å². The van der Waals surface area contributed by atoms with Crippen molar-refractivity contribution >= 4 is 51.6 Å². The van der Waals surface area contributed by atoms with Gasteiger partial charge < -0.3 is 16.0 Å². The summed E-state index contributed by atoms with van der Waals surface area (Å²) in [6.45, 7) is 2.32. The minimum absolute atomic E-state index is 0. The first-order chi connectivity index (χ1) is 12.1. The summed E-state index contributed by atoms with van der Waals surface area (Å²) in [5.74, 6) is 1.99. The van der Waals surface area contributed by atoms with Crippen LogP contribution in [0.15, 0.2) is 4.79 Å². The summed E-state index contributed by atoms with van der Waals surface area (Å²) in [7, 11) is 0. The molecule has 3 rings (SSSR count). The van der Waals surface area contributed by atoms with Crippen molar-refractivity contribution < 1.29 is 4.79 Å². The largest absolute Gasteiger partial charge is 0.352 e. The number of H-pyrrole nitrogens is 1. The molecule has 6 nitrogen and oxygen atoms in total. The number of thiophene rings is 1. The van der Waals surface area contributed by atoms with Crippen molar-refractivity contribution in [3.05, 3.63) is 26.6 Å². The Bertz CT molecular complexity index is 821. The summed E-state index contributed by atoms with van der Waals surface area (Å²) in [4.78, 5) is 33.9. The number of carbonyl (C=O) groups is 1. The summed E-state index contributed by atoms with van der Waals surface area (Å²) in [6.07, 6.45) is 4.85. The van der Waals surface area contributed by atoms with E-state index in [1.807, 2.05) is 6.92 Å². The lowest BCUT2D eigenvalue weighted by molar-refractivity contribution is -0.121. The highest BCUT2D eigenvalue weighted by Gasteiger charge is 2.19. The van der Waals surface area contributed by atoms with Crippen molar-refractivity contribution in [2.24, 2.45) is 5.73 Å². The van der Waals surface area contributed by atoms with Gasteiger partial charge in [-0.05, 0) is 38.2 Å². The number of rotatable bonds is 7. The SMILES string of the molecule is C[C@@H](CN)NC(=O)CCSCc1nc2sc3c(c2c(=O)[nH]1)CCCC3.Cl. The Morgan fingerprint density at radius 2 is 2.19 bits per heavy atom. The van der Waals surface area contributed by atoms with E-state index >= 15 is 0 Å². The molecule has 0 unspecified atom stereocenters. The smallest absolute Gasteiger partial charge is 0.259 e. The Balaban J connectivity index is 0.00000243. The second-order valence-electron chi connectivity index (χ2n) is 6.41. The highest BCUT2D eigenvalue weighted by molar-refractivity contribution is 7.98. The number of fused-ring (bicyclic) bond motifs is 3. The number of hydrogen-bond acceptors (Lipinski definition) is 6. The minimum Gasteiger partial charge on any atom is -0.352 e. The zero-order valence-corrected chi connectivity index (χ0v) is 17.2. The summed E-state index contributed by atoms with van der Waals surface area (Å²) in [5.41, 5.74) is 6.68. The minimum atomic E-state index is -0.0190. The first-order valence-corrected chi connectivity index (χ1v) is 10.7. The molecule has 0 fully saturated rings. The number of aromatic amines is 1. The molecule has 144 valence electrons. The van der Waals surface area contributed by atoms with Crippen molar-refractivity contribution in [2.45, 2.75) is 50.8 Å². The Hall–Kier alpha value is -1.09. The predicted molar refractivity (Wildman–Crippen MR) is 112 cm³/mol. The van der Waals surface area contributed by atoms with Gasteiger partial charge in [0, 0.05) is 29.6 Å². The van der Waals surface area contributed by atoms with Crippen LogP contribution in [0.25, 0.3) is 10.2 Å². The summed E-state index contributed by atoms with van der Waals surface area (Å²) in [6, 6.07) is 0.00258. The molecule has 26 heavy (non-hydrogen) atoms. The maximum absolute atomic E-state index is 12.5. The molecule has 0 saturated heterocycles. The maximum atomic E-state index is 12.5. The fourth-order valence-electron chi connectivity index (χ4n) is 3.02. The van der Waals surface area contributed by atoms with E-state index in [1.54, 1.807) is 23.1 Å². The normalized spacial score (nSPS) is 14.5. The number of nitrogens with zero attached hydrogens (tertiary/aromatic N) is 1. The molecule has 1 amide bonds. The highest BCUT2D eigenvalue weighted by Crippen LogP contribution is 2.33. The molecular weight excluding hydrogens is 392 g/mol. The Morgan fingerprint density at radius 1 is 1.42 bits per heavy atom. The molecular formula is C17H25ClN4O2S2. The van der Waals surface area contributed by atoms with Gasteiger partial charge in [-0.15, -0.1) is 23.7 Å². The van der Waals surface area contributed by atoms with E-state index in [9.17, 15) is 9.59 Å². The number of amides is 1. The Morgan fingerprint density at radius 3 is 2.96 bits per heavy atom. The fraction of sp³-hybridized carbons (Fsp3) is 0.588. The van der Waals surface area contributed by atoms with E-state index < -0.39 is 0 Å². The average molecular weight is 417 g/mol. The number of carbonyl (C=O) groups excluding carboxylic acids is 1. The number of thioether (sulfide) groups is 1. The molecule has 4 N–H and O–H groups in total. The zero-order chi connectivity index (χ0) is 17.8. The van der Waals surface area contributed by atoms with Crippen molar-refractivity contribution in [1.82, 2.24) is 15.3 Å². The molecule has 1 atom stereocenters. The number of nitrogens with one attached hydrogen (secondary N) is 2. The van der Waals surface area contributed by atoms with Crippen LogP contribution in [0.3, 0.4) is 0 Å². The van der Waals surface area contributed by atoms with E-state index in [-0.39, 0.29) is 29.9 Å². The molecule has 2 aromatic rings. The van der Waals surface area contributed by atoms with Crippen molar-refractivity contribution in [3.8, 4) is 0 Å². The third-order valence-electron chi connectivity index (χ3n) is 4.35. The van der Waals surface area contributed by atoms with Gasteiger partial charge in [0.2, 0.25) is 5.91 Å². The van der Waals surface area contributed by atoms with E-state index in [0.717, 1.165) is 29.5 Å². The zero-order valence-electron chi connectivity index (χ0n) is 14.8. The Kier molecular flexibility index (Phi) is 7.94. The van der Waals surface area contributed by atoms with Crippen LogP contribution in [0.4, 0.5) is 0 Å². The molecule has 0 bridgehead atoms. The number of hydrogen-bond donors (Lipinski definition) is 3. The molecule has 1 aliphatic rings. The van der Waals surface area contributed by atoms with Crippen LogP contribution < -0.4 is 16.6 Å². The van der Waals surface area contributed by atoms with Crippen molar-refractivity contribution in [3.63, 3.8) is 0 Å². The van der Waals surface area contributed by atoms with Crippen LogP contribution >= 0.6 is 35.5 Å². The average Bonchev–Trinajstić information content (AvgIpc) is 2.97. The lowest BCUT2D eigenvalue weighted by Gasteiger charge is -2.10. The number of nitrogens with two attached hydrogens (primary N) is 1. The Labute approximate surface area is 167 Å². The molecule has 2 aromatic heterocycles. The van der Waals surface area contributed by atoms with Gasteiger partial charge in [-0.3, -0.25) is 9.59 Å². The summed E-state index contributed by atoms with van der Waals surface area (Å²) in [5, 5.41) is 3.64. The molecule has 9 heteroatoms. The van der Waals surface area contributed by atoms with Gasteiger partial charge in [0.25, 0.3) is 5.56 Å². The fourth-order valence-corrected chi connectivity index (χ4v) is 5.10.